The van der Waals surface area contributed by atoms with E-state index in [1.165, 1.54) is 0 Å². The number of carbonyl (C=O) groups excluding carboxylic acids is 1. The fraction of sp³-hybridized carbons (Fsp3) is 0.833. The van der Waals surface area contributed by atoms with E-state index < -0.39 is 12.8 Å². The Morgan fingerprint density at radius 2 is 2.86 bits per heavy atom. The highest BCUT2D eigenvalue weighted by Crippen LogP contribution is 2.19. The maximum atomic E-state index is 10.9. The first-order valence-corrected chi connectivity index (χ1v) is 2.54. The summed E-state index contributed by atoms with van der Waals surface area (Å²) in [5.41, 5.74) is 0. The third-order valence-electron chi connectivity index (χ3n) is 1.30. The Bertz CT molecular complexity index is 150. The number of hydrogen-bond donors (Lipinski definition) is 0. The molecule has 1 fully saturated rings. The van der Waals surface area contributed by atoms with Crippen LogP contribution < -0.4 is 0 Å². The Labute approximate surface area is 47.9 Å². The Balaban J connectivity index is 2.64. The van der Waals surface area contributed by atoms with Crippen molar-refractivity contribution in [3.8, 4) is 0 Å². The number of ketones is 1. The minimum atomic E-state index is -2.05. The molecule has 0 radical (unpaired) electrons. The van der Waals surface area contributed by atoms with Crippen LogP contribution in [0.15, 0.2) is 0 Å². The van der Waals surface area contributed by atoms with Crippen LogP contribution in [0.4, 0.5) is 0 Å². The Morgan fingerprint density at radius 1 is 2.00 bits per heavy atom. The van der Waals surface area contributed by atoms with Crippen molar-refractivity contribution < 1.29 is 8.91 Å². The van der Waals surface area contributed by atoms with Gasteiger partial charge in [0.25, 0.3) is 0 Å². The molecule has 0 aromatic carbocycles. The number of rotatable bonds is 0. The number of hydrogen-bond acceptors (Lipinski definition) is 1. The second kappa shape index (κ2) is 1.65. The molecular formula is C6H10O. The molecule has 0 saturated heterocycles. The molecule has 0 aromatic heterocycles. The first-order chi connectivity index (χ1) is 4.52. The van der Waals surface area contributed by atoms with E-state index in [0.717, 1.165) is 6.42 Å². The van der Waals surface area contributed by atoms with E-state index in [4.69, 9.17) is 4.11 Å². The lowest BCUT2D eigenvalue weighted by Gasteiger charge is -1.91. The van der Waals surface area contributed by atoms with Crippen molar-refractivity contribution in [2.45, 2.75) is 26.1 Å². The molecule has 1 nitrogen and oxygen atoms in total. The normalized spacial score (nSPS) is 39.7. The SMILES string of the molecule is [2H]C([2H])([2H])C1CCCC1=O. The molecular weight excluding hydrogens is 88.1 g/mol. The van der Waals surface area contributed by atoms with Crippen molar-refractivity contribution in [3.63, 3.8) is 0 Å². The molecule has 1 aliphatic carbocycles. The maximum Gasteiger partial charge on any atom is 0.135 e. The monoisotopic (exact) mass is 101 g/mol. The van der Waals surface area contributed by atoms with Gasteiger partial charge in [-0.2, -0.15) is 0 Å². The maximum absolute atomic E-state index is 10.9. The molecule has 0 spiro atoms. The molecule has 1 unspecified atom stereocenters. The van der Waals surface area contributed by atoms with Crippen molar-refractivity contribution in [2.75, 3.05) is 0 Å². The van der Waals surface area contributed by atoms with E-state index in [-0.39, 0.29) is 5.78 Å². The lowest BCUT2D eigenvalue weighted by molar-refractivity contribution is -0.120. The third kappa shape index (κ3) is 0.817. The third-order valence-corrected chi connectivity index (χ3v) is 1.30. The summed E-state index contributed by atoms with van der Waals surface area (Å²) in [6, 6.07) is 0. The average Bonchev–Trinajstić information content (AvgIpc) is 2.11. The van der Waals surface area contributed by atoms with Gasteiger partial charge in [0.2, 0.25) is 0 Å². The minimum Gasteiger partial charge on any atom is -0.299 e. The van der Waals surface area contributed by atoms with E-state index in [9.17, 15) is 4.79 Å². The van der Waals surface area contributed by atoms with Crippen LogP contribution in [0.25, 0.3) is 0 Å². The van der Waals surface area contributed by atoms with Crippen LogP contribution >= 0.6 is 0 Å². The zero-order valence-electron chi connectivity index (χ0n) is 7.11. The predicted octanol–water partition coefficient (Wildman–Crippen LogP) is 1.38. The predicted molar refractivity (Wildman–Crippen MR) is 28.0 cm³/mol. The zero-order chi connectivity index (χ0) is 7.78. The van der Waals surface area contributed by atoms with Crippen molar-refractivity contribution in [3.05, 3.63) is 0 Å². The largest absolute Gasteiger partial charge is 0.299 e. The first kappa shape index (κ1) is 2.29. The first-order valence-electron chi connectivity index (χ1n) is 4.04. The van der Waals surface area contributed by atoms with Gasteiger partial charge in [-0.25, -0.2) is 0 Å². The number of Topliss-reactive ketones (excluding diaryl/α,β-unsaturated/α-hetero) is 1. The van der Waals surface area contributed by atoms with E-state index >= 15 is 0 Å². The molecule has 0 aromatic rings. The Hall–Kier alpha value is -0.330. The van der Waals surface area contributed by atoms with Crippen molar-refractivity contribution in [1.29, 1.82) is 0 Å². The van der Waals surface area contributed by atoms with E-state index in [2.05, 4.69) is 0 Å². The average molecular weight is 101 g/mol. The molecule has 0 N–H and O–H groups in total. The van der Waals surface area contributed by atoms with Crippen LogP contribution in [0.5, 0.6) is 0 Å². The van der Waals surface area contributed by atoms with Crippen LogP contribution in [0.2, 0.25) is 0 Å². The molecule has 1 atom stereocenters. The van der Waals surface area contributed by atoms with Gasteiger partial charge >= 0.3 is 0 Å². The fourth-order valence-electron chi connectivity index (χ4n) is 0.816. The summed E-state index contributed by atoms with van der Waals surface area (Å²) in [5.74, 6) is -0.743. The molecule has 1 saturated carbocycles. The summed E-state index contributed by atoms with van der Waals surface area (Å²) in [6.07, 6.45) is 1.76. The van der Waals surface area contributed by atoms with Crippen molar-refractivity contribution >= 4 is 5.78 Å². The van der Waals surface area contributed by atoms with E-state index in [1.54, 1.807) is 0 Å². The standard InChI is InChI=1S/C6H10O/c1-5-3-2-4-6(5)7/h5H,2-4H2,1H3/i1D3. The smallest absolute Gasteiger partial charge is 0.135 e. The van der Waals surface area contributed by atoms with Gasteiger partial charge in [-0.05, 0) is 12.8 Å². The molecule has 40 valence electrons. The lowest BCUT2D eigenvalue weighted by atomic mass is 10.1. The quantitative estimate of drug-likeness (QED) is 0.450. The minimum absolute atomic E-state index is 0.0833. The summed E-state index contributed by atoms with van der Waals surface area (Å²) in [6.45, 7) is -2.05. The Kier molecular flexibility index (Phi) is 0.539. The molecule has 0 heterocycles. The second-order valence-corrected chi connectivity index (χ2v) is 1.91. The van der Waals surface area contributed by atoms with Gasteiger partial charge in [0.15, 0.2) is 0 Å². The molecule has 1 aliphatic rings. The summed E-state index contributed by atoms with van der Waals surface area (Å²) in [7, 11) is 0. The highest BCUT2D eigenvalue weighted by molar-refractivity contribution is 5.82. The second-order valence-electron chi connectivity index (χ2n) is 1.91. The summed E-state index contributed by atoms with van der Waals surface area (Å²) in [4.78, 5) is 10.9. The van der Waals surface area contributed by atoms with Gasteiger partial charge in [0.05, 0.1) is 0 Å². The van der Waals surface area contributed by atoms with E-state index in [0.29, 0.717) is 12.8 Å². The van der Waals surface area contributed by atoms with Crippen LogP contribution in [0, 0.1) is 5.92 Å². The summed E-state index contributed by atoms with van der Waals surface area (Å²) < 4.78 is 20.9. The molecule has 7 heavy (non-hydrogen) atoms. The highest BCUT2D eigenvalue weighted by Gasteiger charge is 2.18. The van der Waals surface area contributed by atoms with E-state index in [1.807, 2.05) is 0 Å². The van der Waals surface area contributed by atoms with Gasteiger partial charge in [0, 0.05) is 16.5 Å². The van der Waals surface area contributed by atoms with Gasteiger partial charge in [-0.1, -0.05) is 6.85 Å². The molecule has 1 heteroatoms. The summed E-state index contributed by atoms with van der Waals surface area (Å²) in [5, 5.41) is 0. The molecule has 0 bridgehead atoms. The van der Waals surface area contributed by atoms with Gasteiger partial charge in [-0.15, -0.1) is 0 Å². The zero-order valence-corrected chi connectivity index (χ0v) is 4.11. The lowest BCUT2D eigenvalue weighted by Crippen LogP contribution is -1.98. The van der Waals surface area contributed by atoms with Gasteiger partial charge in [-0.3, -0.25) is 4.79 Å². The molecule has 0 aliphatic heterocycles. The highest BCUT2D eigenvalue weighted by atomic mass is 16.1. The van der Waals surface area contributed by atoms with Crippen LogP contribution in [-0.2, 0) is 4.79 Å². The van der Waals surface area contributed by atoms with Crippen molar-refractivity contribution in [2.24, 2.45) is 5.92 Å². The van der Waals surface area contributed by atoms with Crippen LogP contribution in [-0.4, -0.2) is 5.78 Å². The topological polar surface area (TPSA) is 17.1 Å². The number of carbonyl (C=O) groups is 1. The molecule has 0 amide bonds. The van der Waals surface area contributed by atoms with Crippen LogP contribution in [0.1, 0.15) is 30.2 Å². The molecule has 1 rings (SSSR count). The van der Waals surface area contributed by atoms with Gasteiger partial charge < -0.3 is 0 Å². The fourth-order valence-corrected chi connectivity index (χ4v) is 0.816. The van der Waals surface area contributed by atoms with Gasteiger partial charge in [0.1, 0.15) is 5.78 Å². The summed E-state index contributed by atoms with van der Waals surface area (Å²) >= 11 is 0. The van der Waals surface area contributed by atoms with Crippen molar-refractivity contribution in [1.82, 2.24) is 0 Å². The van der Waals surface area contributed by atoms with Crippen LogP contribution in [0.3, 0.4) is 0 Å². The Morgan fingerprint density at radius 3 is 3.14 bits per heavy atom.